The first-order valence-electron chi connectivity index (χ1n) is 55.1. The summed E-state index contributed by atoms with van der Waals surface area (Å²) in [6.45, 7) is 72.4. The number of benzene rings is 2. The van der Waals surface area contributed by atoms with Gasteiger partial charge >= 0.3 is 11.9 Å². The third-order valence-corrected chi connectivity index (χ3v) is 53.0. The Balaban J connectivity index is 1.14. The number of rotatable bonds is 28. The second kappa shape index (κ2) is 54.4. The van der Waals surface area contributed by atoms with Crippen LogP contribution in [0, 0.1) is 47.3 Å². The van der Waals surface area contributed by atoms with E-state index in [2.05, 4.69) is 255 Å². The third kappa shape index (κ3) is 35.3. The van der Waals surface area contributed by atoms with Crippen LogP contribution in [-0.2, 0) is 93.6 Å². The largest absolute Gasteiger partial charge is 0.497 e. The number of esters is 2. The van der Waals surface area contributed by atoms with Crippen LogP contribution in [0.15, 0.2) is 120 Å². The van der Waals surface area contributed by atoms with Gasteiger partial charge in [0, 0.05) is 126 Å². The number of fused-ring (bicyclic) bond motifs is 8. The van der Waals surface area contributed by atoms with Gasteiger partial charge in [-0.15, -0.1) is 0 Å². The minimum atomic E-state index is -2.54. The number of hydrogen-bond donors (Lipinski definition) is 0. The Morgan fingerprint density at radius 1 is 0.368 bits per heavy atom. The van der Waals surface area contributed by atoms with Crippen molar-refractivity contribution in [1.82, 2.24) is 0 Å². The smallest absolute Gasteiger partial charge is 0.331 e. The number of carbonyl (C=O) groups is 2. The minimum Gasteiger partial charge on any atom is -0.497 e. The van der Waals surface area contributed by atoms with Gasteiger partial charge in [0.05, 0.1) is 136 Å². The van der Waals surface area contributed by atoms with Gasteiger partial charge in [0.2, 0.25) is 0 Å². The number of ether oxygens (including phenoxy) is 16. The number of cyclic esters (lactones) is 2. The summed E-state index contributed by atoms with van der Waals surface area (Å²) >= 11 is 0. The van der Waals surface area contributed by atoms with E-state index in [-0.39, 0.29) is 153 Å². The van der Waals surface area contributed by atoms with Crippen molar-refractivity contribution < 1.29 is 103 Å². The molecule has 22 nitrogen and oxygen atoms in total. The average molecular weight is 2080 g/mol. The van der Waals surface area contributed by atoms with Crippen LogP contribution in [0.25, 0.3) is 0 Å². The highest BCUT2D eigenvalue weighted by atomic mass is 28.4. The summed E-state index contributed by atoms with van der Waals surface area (Å²) in [5.41, 5.74) is 3.47. The maximum atomic E-state index is 15.5. The molecule has 7 aliphatic heterocycles. The van der Waals surface area contributed by atoms with Crippen molar-refractivity contribution in [3.8, 4) is 11.5 Å². The van der Waals surface area contributed by atoms with Crippen molar-refractivity contribution in [2.24, 2.45) is 47.3 Å². The lowest BCUT2D eigenvalue weighted by Crippen LogP contribution is -2.53. The lowest BCUT2D eigenvalue weighted by atomic mass is 9.78. The van der Waals surface area contributed by atoms with Gasteiger partial charge in [-0.25, -0.2) is 9.59 Å². The van der Waals surface area contributed by atoms with Crippen LogP contribution in [0.4, 0.5) is 0 Å². The zero-order valence-electron chi connectivity index (χ0n) is 96.6. The summed E-state index contributed by atoms with van der Waals surface area (Å²) in [5.74, 6) is -1.24. The molecule has 0 amide bonds. The van der Waals surface area contributed by atoms with E-state index >= 15 is 9.59 Å². The van der Waals surface area contributed by atoms with E-state index in [1.54, 1.807) is 40.6 Å². The van der Waals surface area contributed by atoms with Crippen molar-refractivity contribution in [3.05, 3.63) is 132 Å². The summed E-state index contributed by atoms with van der Waals surface area (Å²) in [6.07, 6.45) is 25.8. The van der Waals surface area contributed by atoms with Crippen molar-refractivity contribution in [2.45, 2.75) is 501 Å². The van der Waals surface area contributed by atoms with Crippen molar-refractivity contribution in [3.63, 3.8) is 0 Å². The normalized spacial score (nSPS) is 34.5. The van der Waals surface area contributed by atoms with Crippen molar-refractivity contribution in [2.75, 3.05) is 42.7 Å². The Labute approximate surface area is 877 Å². The lowest BCUT2D eigenvalue weighted by Gasteiger charge is -2.47. The van der Waals surface area contributed by atoms with Crippen molar-refractivity contribution >= 4 is 45.2 Å². The summed E-state index contributed by atoms with van der Waals surface area (Å²) in [7, 11) is 0.680. The van der Waals surface area contributed by atoms with Gasteiger partial charge in [-0.3, -0.25) is 0 Å². The average Bonchev–Trinajstić information content (AvgIpc) is 0.785. The zero-order chi connectivity index (χ0) is 107. The topological polar surface area (TPSA) is 219 Å². The highest BCUT2D eigenvalue weighted by Gasteiger charge is 2.53. The van der Waals surface area contributed by atoms with Gasteiger partial charge in [-0.05, 0) is 213 Å². The van der Waals surface area contributed by atoms with Crippen LogP contribution in [0.1, 0.15) is 305 Å². The van der Waals surface area contributed by atoms with Gasteiger partial charge in [0.25, 0.3) is 0 Å². The molecule has 0 spiro atoms. The van der Waals surface area contributed by atoms with E-state index in [0.29, 0.717) is 75.7 Å². The van der Waals surface area contributed by atoms with Crippen LogP contribution in [0.2, 0.25) is 72.5 Å². The van der Waals surface area contributed by atoms with E-state index < -0.39 is 106 Å². The Morgan fingerprint density at radius 3 is 1.00 bits per heavy atom. The first kappa shape index (κ1) is 123. The molecule has 0 aliphatic carbocycles. The van der Waals surface area contributed by atoms with Gasteiger partial charge in [-0.1, -0.05) is 222 Å². The second-order valence-corrected chi connectivity index (χ2v) is 69.4. The molecule has 0 aromatic heterocycles. The molecule has 0 unspecified atom stereocenters. The van der Waals surface area contributed by atoms with E-state index in [4.69, 9.17) is 93.5 Å². The molecule has 0 N–H and O–H groups in total. The molecule has 7 heterocycles. The maximum absolute atomic E-state index is 15.5. The van der Waals surface area contributed by atoms with E-state index in [1.165, 1.54) is 0 Å². The van der Waals surface area contributed by atoms with Crippen LogP contribution in [0.5, 0.6) is 11.5 Å². The van der Waals surface area contributed by atoms with Gasteiger partial charge in [0.15, 0.2) is 45.8 Å². The Morgan fingerprint density at radius 2 is 0.694 bits per heavy atom. The summed E-state index contributed by atoms with van der Waals surface area (Å²) < 4.78 is 139. The second-order valence-electron chi connectivity index (χ2n) is 50.4. The first-order valence-corrected chi connectivity index (χ1v) is 66.7. The van der Waals surface area contributed by atoms with Gasteiger partial charge in [-0.2, -0.15) is 0 Å². The molecule has 0 saturated carbocycles. The minimum absolute atomic E-state index is 0.0264. The van der Waals surface area contributed by atoms with Gasteiger partial charge < -0.3 is 93.5 Å². The SMILES string of the molecule is COc1ccc([C@@H]2O[C@H]3C[C@@H](O2)[C@H](C)[C@@H]([C@@H](C)[C@@H](O[Si](C)(C)C(C)(C)C)[C@@H](C)CC[C@H]2C[C@H](OC)C[C@H](C)O2)OC(=O)/C=C/C(C)=C/C[C@@H](O[Si](C)(C)C(C)(C)C)C[C@@H]2C=CC[C@@H](C[C@H](OC)[C@@H](C)[C@@H]4C[C@@H](O[C@H](c5ccc(OC)cc5)O4)[C@@H](C)[C@@H]([C@@H](C)[C@@H](O[Si](C)(C)C(C)(C)C)[C@@H](C)CC[C@H]4C[C@H](OC)C[C@H](C)O4)OC(=O)/C=C/C(C)=C/C[C@@H](O[Si](C)(C)C(C)(C)C)C[C@@H]4C=CC[C@@H](C[C@H](OC)[C@H]3C)O4)O2)cc1. The summed E-state index contributed by atoms with van der Waals surface area (Å²) in [5, 5.41) is -0.470. The molecule has 144 heavy (non-hydrogen) atoms. The molecule has 2 aromatic rings. The van der Waals surface area contributed by atoms with Crippen molar-refractivity contribution in [1.29, 1.82) is 0 Å². The lowest BCUT2D eigenvalue weighted by molar-refractivity contribution is -0.279. The Bertz CT molecular complexity index is 4110. The predicted molar refractivity (Wildman–Crippen MR) is 589 cm³/mol. The molecule has 4 fully saturated rings. The maximum Gasteiger partial charge on any atom is 0.331 e. The fourth-order valence-electron chi connectivity index (χ4n) is 21.3. The molecule has 9 rings (SSSR count). The molecule has 820 valence electrons. The monoisotopic (exact) mass is 2080 g/mol. The number of methoxy groups -OCH3 is 6. The van der Waals surface area contributed by atoms with Crippen LogP contribution < -0.4 is 9.47 Å². The molecule has 7 aliphatic rings. The molecular weight excluding hydrogens is 1880 g/mol. The van der Waals surface area contributed by atoms with E-state index in [0.717, 1.165) is 73.6 Å². The molecule has 0 radical (unpaired) electrons. The molecule has 32 atom stereocenters. The molecular formula is C118H200O22Si4. The Kier molecular flexibility index (Phi) is 46.6. The first-order chi connectivity index (χ1) is 67.3. The summed E-state index contributed by atoms with van der Waals surface area (Å²) in [6, 6.07) is 15.9. The highest BCUT2D eigenvalue weighted by molar-refractivity contribution is 6.75. The fourth-order valence-corrected chi connectivity index (χ4v) is 27.1. The fraction of sp³-hybridized carbons (Fsp3) is 0.780. The highest BCUT2D eigenvalue weighted by Crippen LogP contribution is 2.50. The standard InChI is InChI=1S/C118H200O22Si4/c1-75-45-55-97(137-141(31,32)115(13,14)15)67-91-41-39-43-93(129-91)71-101(125-29)81(7)104-74-106(134-114(132-104)88-53-61-90(122-26)62-54-88)84(10)112(86(12)110(140-144(37,38)118(22,23)24)78(4)50-58-96-70-100(124-28)66-80(6)128-96)136-108(120)64-48-76(2)46-56-98(138-142(33,34)116(16,17)18)68-92-42-40-44-94(130-92)72-102(126-30)82(8)103-73-105(133-113(131-103)87-51-59-89(121-25)60-52-87)83(9)111(135-107(119)63-47-75)85(11)109(139-143(35,36)117(19,20)21)77(3)49-57-95-69-99(123-27)65-79(5)127-95/h39-42,45-48,51-54,59-64,77-86,91-106,109-114H,43-44,49-50,55-58,65-74H2,1-38H3/b63-47+,64-48+,75-45+,76-46+/t77-,78-,79-,80-,81+,82+,83-,84+,85-,86-,91-,92-,93-,94-,95-,96-,97+,98+,99+,100+,101-,102-,103-,104-,105+,106+,109-,110-,111-,112-,113+,114+/m0/s1. The molecule has 4 saturated heterocycles. The number of hydrogen-bond acceptors (Lipinski definition) is 22. The van der Waals surface area contributed by atoms with Crippen LogP contribution >= 0.6 is 0 Å². The van der Waals surface area contributed by atoms with Crippen LogP contribution in [-0.4, -0.2) is 222 Å². The molecule has 8 bridgehead atoms. The summed E-state index contributed by atoms with van der Waals surface area (Å²) in [4.78, 5) is 31.0. The van der Waals surface area contributed by atoms with E-state index in [1.807, 2.05) is 74.9 Å². The van der Waals surface area contributed by atoms with Crippen LogP contribution in [0.3, 0.4) is 0 Å². The quantitative estimate of drug-likeness (QED) is 0.0439. The third-order valence-electron chi connectivity index (χ3n) is 35.0. The number of carbonyl (C=O) groups excluding carboxylic acids is 2. The zero-order valence-corrected chi connectivity index (χ0v) is 101. The Hall–Kier alpha value is -4.35. The molecule has 2 aromatic carbocycles. The molecule has 26 heteroatoms. The van der Waals surface area contributed by atoms with E-state index in [9.17, 15) is 0 Å². The predicted octanol–water partition coefficient (Wildman–Crippen LogP) is 27.8. The number of allylic oxidation sites excluding steroid dienone is 4. The van der Waals surface area contributed by atoms with Gasteiger partial charge in [0.1, 0.15) is 23.7 Å².